The summed E-state index contributed by atoms with van der Waals surface area (Å²) in [6.07, 6.45) is 1.51. The number of piperazine rings is 1. The summed E-state index contributed by atoms with van der Waals surface area (Å²) in [5.41, 5.74) is 0.768. The molecule has 0 atom stereocenters. The number of hydrogen-bond donors (Lipinski definition) is 2. The minimum absolute atomic E-state index is 0.0526. The van der Waals surface area contributed by atoms with Crippen molar-refractivity contribution in [1.29, 1.82) is 0 Å². The van der Waals surface area contributed by atoms with E-state index in [4.69, 9.17) is 0 Å². The number of nitrogens with zero attached hydrogens (tertiary/aromatic N) is 3. The van der Waals surface area contributed by atoms with Crippen molar-refractivity contribution < 1.29 is 14.5 Å². The van der Waals surface area contributed by atoms with Crippen molar-refractivity contribution >= 4 is 51.6 Å². The van der Waals surface area contributed by atoms with Crippen LogP contribution in [0.3, 0.4) is 0 Å². The summed E-state index contributed by atoms with van der Waals surface area (Å²) in [7, 11) is 0. The molecular weight excluding hydrogens is 453 g/mol. The van der Waals surface area contributed by atoms with Gasteiger partial charge in [-0.15, -0.1) is 0 Å². The number of nitrogens with one attached hydrogen (secondary N) is 2. The number of non-ortho nitro benzene ring substituents is 1. The van der Waals surface area contributed by atoms with Crippen molar-refractivity contribution in [3.63, 3.8) is 0 Å². The van der Waals surface area contributed by atoms with Crippen molar-refractivity contribution in [3.05, 3.63) is 55.8 Å². The van der Waals surface area contributed by atoms with Crippen molar-refractivity contribution in [2.75, 3.05) is 29.9 Å². The number of carbonyl (C=O) groups excluding carboxylic acids is 2. The maximum absolute atomic E-state index is 12.4. The maximum Gasteiger partial charge on any atom is 0.270 e. The Hall–Kier alpha value is -2.76. The van der Waals surface area contributed by atoms with Crippen LogP contribution in [0.4, 0.5) is 17.2 Å². The quantitative estimate of drug-likeness (QED) is 0.402. The summed E-state index contributed by atoms with van der Waals surface area (Å²) < 4.78 is 0.484. The standard InChI is InChI=1S/C16H14IN5O4/c17-13-7-11(22(25)26)2-3-12(13)16(24)20-10-1-4-14(19-8-10)21-6-5-18-15(23)9-21/h1-4,7-8H,5-6,9H2,(H,18,23)(H,20,24). The third-order valence-electron chi connectivity index (χ3n) is 3.78. The molecule has 0 spiro atoms. The van der Waals surface area contributed by atoms with E-state index in [0.29, 0.717) is 33.7 Å². The average Bonchev–Trinajstić information content (AvgIpc) is 2.62. The summed E-state index contributed by atoms with van der Waals surface area (Å²) in [6, 6.07) is 7.49. The molecule has 9 nitrogen and oxygen atoms in total. The number of hydrogen-bond acceptors (Lipinski definition) is 6. The molecule has 1 aromatic carbocycles. The molecule has 1 aromatic heterocycles. The van der Waals surface area contributed by atoms with Gasteiger partial charge in [-0.3, -0.25) is 19.7 Å². The van der Waals surface area contributed by atoms with Gasteiger partial charge in [0.1, 0.15) is 5.82 Å². The first-order chi connectivity index (χ1) is 12.4. The van der Waals surface area contributed by atoms with Crippen LogP contribution >= 0.6 is 22.6 Å². The van der Waals surface area contributed by atoms with Crippen LogP contribution in [0.2, 0.25) is 0 Å². The van der Waals surface area contributed by atoms with Gasteiger partial charge in [-0.05, 0) is 40.8 Å². The van der Waals surface area contributed by atoms with Crippen LogP contribution in [-0.4, -0.2) is 41.4 Å². The predicted octanol–water partition coefficient (Wildman–Crippen LogP) is 1.78. The van der Waals surface area contributed by atoms with E-state index >= 15 is 0 Å². The van der Waals surface area contributed by atoms with Crippen LogP contribution in [0.1, 0.15) is 10.4 Å². The normalized spacial score (nSPS) is 13.9. The van der Waals surface area contributed by atoms with Gasteiger partial charge in [-0.2, -0.15) is 0 Å². The van der Waals surface area contributed by atoms with Gasteiger partial charge in [0.2, 0.25) is 5.91 Å². The van der Waals surface area contributed by atoms with E-state index in [1.54, 1.807) is 12.1 Å². The first-order valence-electron chi connectivity index (χ1n) is 7.67. The summed E-state index contributed by atoms with van der Waals surface area (Å²) in [4.78, 5) is 40.2. The molecule has 26 heavy (non-hydrogen) atoms. The number of rotatable bonds is 4. The van der Waals surface area contributed by atoms with E-state index in [1.165, 1.54) is 24.4 Å². The number of nitro benzene ring substituents is 1. The first-order valence-corrected chi connectivity index (χ1v) is 8.75. The van der Waals surface area contributed by atoms with Gasteiger partial charge in [-0.25, -0.2) is 4.98 Å². The van der Waals surface area contributed by atoms with Crippen molar-refractivity contribution in [2.24, 2.45) is 0 Å². The van der Waals surface area contributed by atoms with E-state index in [-0.39, 0.29) is 24.0 Å². The van der Waals surface area contributed by atoms with Crippen molar-refractivity contribution in [1.82, 2.24) is 10.3 Å². The van der Waals surface area contributed by atoms with E-state index in [0.717, 1.165) is 0 Å². The second kappa shape index (κ2) is 7.64. The minimum atomic E-state index is -0.507. The van der Waals surface area contributed by atoms with Gasteiger partial charge in [0.05, 0.1) is 28.9 Å². The molecule has 0 aliphatic carbocycles. The summed E-state index contributed by atoms with van der Waals surface area (Å²) in [6.45, 7) is 1.49. The summed E-state index contributed by atoms with van der Waals surface area (Å²) in [5.74, 6) is 0.224. The second-order valence-electron chi connectivity index (χ2n) is 5.55. The Balaban J connectivity index is 1.70. The Labute approximate surface area is 162 Å². The van der Waals surface area contributed by atoms with Crippen molar-refractivity contribution in [2.45, 2.75) is 0 Å². The number of halogens is 1. The second-order valence-corrected chi connectivity index (χ2v) is 6.71. The Morgan fingerprint density at radius 2 is 2.15 bits per heavy atom. The lowest BCUT2D eigenvalue weighted by Crippen LogP contribution is -2.48. The lowest BCUT2D eigenvalue weighted by Gasteiger charge is -2.27. The molecule has 1 aliphatic heterocycles. The fourth-order valence-corrected chi connectivity index (χ4v) is 3.23. The molecule has 2 N–H and O–H groups in total. The number of aromatic nitrogens is 1. The van der Waals surface area contributed by atoms with E-state index in [2.05, 4.69) is 15.6 Å². The van der Waals surface area contributed by atoms with E-state index in [1.807, 2.05) is 27.5 Å². The Bertz CT molecular complexity index is 871. The number of nitro groups is 1. The summed E-state index contributed by atoms with van der Waals surface area (Å²) in [5, 5.41) is 16.2. The smallest absolute Gasteiger partial charge is 0.270 e. The average molecular weight is 467 g/mol. The number of pyridine rings is 1. The Morgan fingerprint density at radius 3 is 2.77 bits per heavy atom. The molecule has 0 unspecified atom stereocenters. The molecule has 2 amide bonds. The number of amides is 2. The van der Waals surface area contributed by atoms with Gasteiger partial charge >= 0.3 is 0 Å². The molecule has 2 aromatic rings. The summed E-state index contributed by atoms with van der Waals surface area (Å²) >= 11 is 1.89. The highest BCUT2D eigenvalue weighted by molar-refractivity contribution is 14.1. The van der Waals surface area contributed by atoms with Crippen LogP contribution in [0.5, 0.6) is 0 Å². The van der Waals surface area contributed by atoms with Gasteiger partial charge < -0.3 is 15.5 Å². The fourth-order valence-electron chi connectivity index (χ4n) is 2.48. The fraction of sp³-hybridized carbons (Fsp3) is 0.188. The molecule has 0 radical (unpaired) electrons. The zero-order valence-electron chi connectivity index (χ0n) is 13.4. The zero-order valence-corrected chi connectivity index (χ0v) is 15.6. The highest BCUT2D eigenvalue weighted by atomic mass is 127. The third-order valence-corrected chi connectivity index (χ3v) is 4.67. The highest BCUT2D eigenvalue weighted by Crippen LogP contribution is 2.21. The van der Waals surface area contributed by atoms with Crippen molar-refractivity contribution in [3.8, 4) is 0 Å². The molecule has 134 valence electrons. The highest BCUT2D eigenvalue weighted by Gasteiger charge is 2.18. The van der Waals surface area contributed by atoms with Crippen LogP contribution in [0.25, 0.3) is 0 Å². The molecule has 10 heteroatoms. The van der Waals surface area contributed by atoms with Gasteiger partial charge in [0, 0.05) is 28.8 Å². The number of benzene rings is 1. The minimum Gasteiger partial charge on any atom is -0.353 e. The lowest BCUT2D eigenvalue weighted by molar-refractivity contribution is -0.384. The molecule has 0 saturated carbocycles. The first kappa shape index (κ1) is 18.0. The topological polar surface area (TPSA) is 117 Å². The third kappa shape index (κ3) is 4.07. The maximum atomic E-state index is 12.4. The molecule has 3 rings (SSSR count). The molecule has 2 heterocycles. The molecule has 0 bridgehead atoms. The Kier molecular flexibility index (Phi) is 5.30. The van der Waals surface area contributed by atoms with Gasteiger partial charge in [-0.1, -0.05) is 0 Å². The van der Waals surface area contributed by atoms with Crippen LogP contribution < -0.4 is 15.5 Å². The van der Waals surface area contributed by atoms with E-state index in [9.17, 15) is 19.7 Å². The predicted molar refractivity (Wildman–Crippen MR) is 103 cm³/mol. The molecule has 1 fully saturated rings. The lowest BCUT2D eigenvalue weighted by atomic mass is 10.2. The Morgan fingerprint density at radius 1 is 1.35 bits per heavy atom. The molecule has 1 aliphatic rings. The van der Waals surface area contributed by atoms with Gasteiger partial charge in [0.15, 0.2) is 0 Å². The number of anilines is 2. The zero-order chi connectivity index (χ0) is 18.7. The van der Waals surface area contributed by atoms with Crippen LogP contribution in [0.15, 0.2) is 36.5 Å². The number of carbonyl (C=O) groups is 2. The van der Waals surface area contributed by atoms with Crippen LogP contribution in [0, 0.1) is 13.7 Å². The largest absolute Gasteiger partial charge is 0.353 e. The monoisotopic (exact) mass is 467 g/mol. The SMILES string of the molecule is O=C1CN(c2ccc(NC(=O)c3ccc([N+](=O)[O-])cc3I)cn2)CCN1. The van der Waals surface area contributed by atoms with Crippen LogP contribution in [-0.2, 0) is 4.79 Å². The molecule has 1 saturated heterocycles. The molecular formula is C16H14IN5O4. The van der Waals surface area contributed by atoms with Gasteiger partial charge in [0.25, 0.3) is 11.6 Å². The van der Waals surface area contributed by atoms with E-state index < -0.39 is 4.92 Å².